The number of likely N-dealkylation sites (N-methyl/N-ethyl adjacent to an activating group) is 1. The summed E-state index contributed by atoms with van der Waals surface area (Å²) in [5.74, 6) is 0. The van der Waals surface area contributed by atoms with Crippen molar-refractivity contribution in [1.29, 1.82) is 0 Å². The molecule has 1 aromatic carbocycles. The monoisotopic (exact) mass is 345 g/mol. The smallest absolute Gasteiger partial charge is 0.0685 e. The number of benzene rings is 1. The number of aromatic nitrogens is 2. The summed E-state index contributed by atoms with van der Waals surface area (Å²) >= 11 is 6.27. The van der Waals surface area contributed by atoms with Crippen LogP contribution in [0.3, 0.4) is 0 Å². The largest absolute Gasteiger partial charge is 0.303 e. The maximum absolute atomic E-state index is 6.27. The molecule has 0 N–H and O–H groups in total. The number of hydrogen-bond acceptors (Lipinski definition) is 4. The topological polar surface area (TPSA) is 36.7 Å². The first kappa shape index (κ1) is 17.0. The van der Waals surface area contributed by atoms with Crippen molar-refractivity contribution in [3.63, 3.8) is 0 Å². The fraction of sp³-hybridized carbons (Fsp3) is 0.444. The van der Waals surface area contributed by atoms with Gasteiger partial charge in [0, 0.05) is 42.5 Å². The minimum absolute atomic E-state index is 0.675. The summed E-state index contributed by atoms with van der Waals surface area (Å²) in [7, 11) is 2.15. The van der Waals surface area contributed by atoms with Crippen molar-refractivity contribution in [3.05, 3.63) is 51.8 Å². The number of aryl methyl sites for hydroxylation is 1. The van der Waals surface area contributed by atoms with Gasteiger partial charge in [-0.05, 0) is 32.5 Å². The molecular weight excluding hydrogens is 322 g/mol. The van der Waals surface area contributed by atoms with Crippen molar-refractivity contribution < 1.29 is 0 Å². The summed E-state index contributed by atoms with van der Waals surface area (Å²) < 4.78 is 2.00. The lowest BCUT2D eigenvalue weighted by Gasteiger charge is -2.30. The Balaban J connectivity index is 1.76. The summed E-state index contributed by atoms with van der Waals surface area (Å²) in [6, 6.07) is 7.90. The maximum Gasteiger partial charge on any atom is 0.0685 e. The molecule has 3 rings (SSSR count). The molecule has 0 atom stereocenters. The van der Waals surface area contributed by atoms with Gasteiger partial charge in [0.05, 0.1) is 18.5 Å². The second kappa shape index (κ2) is 7.36. The van der Waals surface area contributed by atoms with Gasteiger partial charge in [-0.25, -0.2) is 0 Å². The molecule has 0 unspecified atom stereocenters. The van der Waals surface area contributed by atoms with Gasteiger partial charge in [0.25, 0.3) is 0 Å². The van der Waals surface area contributed by atoms with Crippen molar-refractivity contribution in [2.45, 2.75) is 20.4 Å². The molecule has 1 fully saturated rings. The van der Waals surface area contributed by atoms with Crippen LogP contribution in [-0.2, 0) is 6.54 Å². The highest BCUT2D eigenvalue weighted by atomic mass is 35.5. The molecule has 1 aliphatic rings. The normalized spacial score (nSPS) is 16.2. The van der Waals surface area contributed by atoms with Crippen LogP contribution in [0.1, 0.15) is 22.5 Å². The van der Waals surface area contributed by atoms with E-state index < -0.39 is 0 Å². The summed E-state index contributed by atoms with van der Waals surface area (Å²) in [5, 5.41) is 12.2. The highest BCUT2D eigenvalue weighted by molar-refractivity contribution is 6.31. The van der Waals surface area contributed by atoms with Crippen LogP contribution in [0.4, 0.5) is 0 Å². The third kappa shape index (κ3) is 3.79. The van der Waals surface area contributed by atoms with Gasteiger partial charge in [0.15, 0.2) is 0 Å². The standard InChI is InChI=1S/C18H24ClN5/c1-14-17(12-20-23-10-8-22(3)9-11-23)15(2)24(21-14)13-16-6-4-5-7-18(16)19/h4-7,12H,8-11,13H2,1-3H3/b20-12-. The van der Waals surface area contributed by atoms with E-state index in [-0.39, 0.29) is 0 Å². The zero-order chi connectivity index (χ0) is 17.1. The summed E-state index contributed by atoms with van der Waals surface area (Å²) in [6.07, 6.45) is 1.95. The zero-order valence-electron chi connectivity index (χ0n) is 14.5. The van der Waals surface area contributed by atoms with E-state index in [9.17, 15) is 0 Å². The lowest BCUT2D eigenvalue weighted by atomic mass is 10.2. The number of nitrogens with zero attached hydrogens (tertiary/aromatic N) is 5. The van der Waals surface area contributed by atoms with Crippen molar-refractivity contribution in [3.8, 4) is 0 Å². The van der Waals surface area contributed by atoms with Gasteiger partial charge in [-0.2, -0.15) is 10.2 Å². The van der Waals surface area contributed by atoms with E-state index in [2.05, 4.69) is 34.1 Å². The molecule has 2 heterocycles. The van der Waals surface area contributed by atoms with Crippen LogP contribution in [0.15, 0.2) is 29.4 Å². The van der Waals surface area contributed by atoms with Gasteiger partial charge in [0.1, 0.15) is 0 Å². The number of hydrazone groups is 1. The van der Waals surface area contributed by atoms with Gasteiger partial charge >= 0.3 is 0 Å². The molecule has 6 heteroatoms. The van der Waals surface area contributed by atoms with Gasteiger partial charge < -0.3 is 4.90 Å². The predicted octanol–water partition coefficient (Wildman–Crippen LogP) is 2.78. The van der Waals surface area contributed by atoms with Crippen LogP contribution in [0.25, 0.3) is 0 Å². The Hall–Kier alpha value is -1.85. The molecule has 2 aromatic rings. The highest BCUT2D eigenvalue weighted by Crippen LogP contribution is 2.18. The van der Waals surface area contributed by atoms with Crippen LogP contribution in [0.5, 0.6) is 0 Å². The number of halogens is 1. The maximum atomic E-state index is 6.27. The van der Waals surface area contributed by atoms with E-state index in [1.807, 2.05) is 42.1 Å². The van der Waals surface area contributed by atoms with E-state index in [1.165, 1.54) is 0 Å². The molecule has 0 amide bonds. The molecule has 1 saturated heterocycles. The van der Waals surface area contributed by atoms with E-state index in [4.69, 9.17) is 11.6 Å². The number of piperazine rings is 1. The molecule has 0 aliphatic carbocycles. The third-order valence-electron chi connectivity index (χ3n) is 4.55. The third-order valence-corrected chi connectivity index (χ3v) is 4.91. The van der Waals surface area contributed by atoms with E-state index in [0.717, 1.165) is 53.7 Å². The van der Waals surface area contributed by atoms with Gasteiger partial charge in [-0.15, -0.1) is 0 Å². The average Bonchev–Trinajstić information content (AvgIpc) is 2.83. The minimum Gasteiger partial charge on any atom is -0.303 e. The first-order chi connectivity index (χ1) is 11.5. The highest BCUT2D eigenvalue weighted by Gasteiger charge is 2.14. The summed E-state index contributed by atoms with van der Waals surface area (Å²) in [4.78, 5) is 2.32. The number of rotatable bonds is 4. The Morgan fingerprint density at radius 2 is 1.88 bits per heavy atom. The average molecular weight is 346 g/mol. The van der Waals surface area contributed by atoms with E-state index in [0.29, 0.717) is 6.54 Å². The minimum atomic E-state index is 0.675. The van der Waals surface area contributed by atoms with Crippen LogP contribution < -0.4 is 0 Å². The number of hydrogen-bond donors (Lipinski definition) is 0. The van der Waals surface area contributed by atoms with Crippen molar-refractivity contribution >= 4 is 17.8 Å². The van der Waals surface area contributed by atoms with Crippen LogP contribution >= 0.6 is 11.6 Å². The molecule has 0 saturated carbocycles. The second-order valence-electron chi connectivity index (χ2n) is 6.34. The Labute approximate surface area is 148 Å². The van der Waals surface area contributed by atoms with Crippen LogP contribution in [0.2, 0.25) is 5.02 Å². The molecule has 1 aliphatic heterocycles. The van der Waals surface area contributed by atoms with Crippen molar-refractivity contribution in [2.75, 3.05) is 33.2 Å². The first-order valence-electron chi connectivity index (χ1n) is 8.29. The van der Waals surface area contributed by atoms with Crippen LogP contribution in [0, 0.1) is 13.8 Å². The molecule has 5 nitrogen and oxygen atoms in total. The zero-order valence-corrected chi connectivity index (χ0v) is 15.3. The van der Waals surface area contributed by atoms with Crippen molar-refractivity contribution in [1.82, 2.24) is 19.7 Å². The Bertz CT molecular complexity index is 729. The van der Waals surface area contributed by atoms with Gasteiger partial charge in [0.2, 0.25) is 0 Å². The molecule has 0 radical (unpaired) electrons. The fourth-order valence-electron chi connectivity index (χ4n) is 2.89. The lowest BCUT2D eigenvalue weighted by molar-refractivity contribution is 0.159. The van der Waals surface area contributed by atoms with E-state index >= 15 is 0 Å². The fourth-order valence-corrected chi connectivity index (χ4v) is 3.09. The molecule has 24 heavy (non-hydrogen) atoms. The first-order valence-corrected chi connectivity index (χ1v) is 8.67. The summed E-state index contributed by atoms with van der Waals surface area (Å²) in [6.45, 7) is 8.85. The predicted molar refractivity (Wildman–Crippen MR) is 98.9 cm³/mol. The molecule has 1 aromatic heterocycles. The molecule has 0 bridgehead atoms. The SMILES string of the molecule is Cc1nn(Cc2ccccc2Cl)c(C)c1/C=N\N1CCN(C)CC1. The molecule has 128 valence electrons. The molecular formula is C18H24ClN5. The molecule has 0 spiro atoms. The van der Waals surface area contributed by atoms with Crippen LogP contribution in [-0.4, -0.2) is 59.1 Å². The Kier molecular flexibility index (Phi) is 5.21. The Morgan fingerprint density at radius 1 is 1.17 bits per heavy atom. The lowest BCUT2D eigenvalue weighted by Crippen LogP contribution is -2.41. The van der Waals surface area contributed by atoms with E-state index in [1.54, 1.807) is 0 Å². The second-order valence-corrected chi connectivity index (χ2v) is 6.74. The van der Waals surface area contributed by atoms with Gasteiger partial charge in [-0.3, -0.25) is 9.69 Å². The van der Waals surface area contributed by atoms with Gasteiger partial charge in [-0.1, -0.05) is 29.8 Å². The quantitative estimate of drug-likeness (QED) is 0.799. The Morgan fingerprint density at radius 3 is 2.58 bits per heavy atom. The summed E-state index contributed by atoms with van der Waals surface area (Å²) in [5.41, 5.74) is 4.29. The van der Waals surface area contributed by atoms with Crippen molar-refractivity contribution in [2.24, 2.45) is 5.10 Å².